The van der Waals surface area contributed by atoms with E-state index in [1.165, 1.54) is 5.57 Å². The van der Waals surface area contributed by atoms with E-state index in [0.29, 0.717) is 29.4 Å². The van der Waals surface area contributed by atoms with Crippen molar-refractivity contribution in [1.29, 1.82) is 0 Å². The molecule has 5 rings (SSSR count). The van der Waals surface area contributed by atoms with E-state index in [4.69, 9.17) is 21.1 Å². The third kappa shape index (κ3) is 4.39. The largest absolute Gasteiger partial charge is 0.497 e. The minimum absolute atomic E-state index is 0.0754. The highest BCUT2D eigenvalue weighted by Crippen LogP contribution is 2.44. The fraction of sp³-hybridized carbons (Fsp3) is 0.259. The zero-order valence-corrected chi connectivity index (χ0v) is 20.2. The number of benzene rings is 2. The average Bonchev–Trinajstić information content (AvgIpc) is 3.26. The second kappa shape index (κ2) is 9.50. The van der Waals surface area contributed by atoms with E-state index in [1.54, 1.807) is 43.4 Å². The predicted octanol–water partition coefficient (Wildman–Crippen LogP) is 4.15. The number of hydrogen-bond acceptors (Lipinski definition) is 5. The van der Waals surface area contributed by atoms with Crippen LogP contribution in [0.3, 0.4) is 0 Å². The number of hydrogen-bond donors (Lipinski definition) is 2. The minimum atomic E-state index is -0.684. The first-order valence-electron chi connectivity index (χ1n) is 11.4. The number of allylic oxidation sites excluding steroid dienone is 2. The Bertz CT molecular complexity index is 1230. The van der Waals surface area contributed by atoms with Gasteiger partial charge in [0.1, 0.15) is 11.5 Å². The summed E-state index contributed by atoms with van der Waals surface area (Å²) in [6, 6.07) is 14.1. The highest BCUT2D eigenvalue weighted by Gasteiger charge is 2.43. The Morgan fingerprint density at radius 2 is 1.69 bits per heavy atom. The summed E-state index contributed by atoms with van der Waals surface area (Å²) in [6.07, 6.45) is 6.66. The molecule has 2 aromatic rings. The number of carbonyl (C=O) groups excluding carboxylic acids is 2. The highest BCUT2D eigenvalue weighted by atomic mass is 35.5. The van der Waals surface area contributed by atoms with Gasteiger partial charge in [0.05, 0.1) is 26.3 Å². The molecule has 3 aliphatic rings. The summed E-state index contributed by atoms with van der Waals surface area (Å²) >= 11 is 6.30. The highest BCUT2D eigenvalue weighted by molar-refractivity contribution is 6.39. The quantitative estimate of drug-likeness (QED) is 0.628. The number of nitrogens with zero attached hydrogens (tertiary/aromatic N) is 1. The Balaban J connectivity index is 1.46. The maximum atomic E-state index is 13.5. The maximum Gasteiger partial charge on any atom is 0.313 e. The molecule has 0 bridgehead atoms. The Hall–Kier alpha value is -3.71. The second-order valence-electron chi connectivity index (χ2n) is 8.65. The van der Waals surface area contributed by atoms with Gasteiger partial charge in [-0.3, -0.25) is 9.59 Å². The first kappa shape index (κ1) is 23.1. The molecule has 0 radical (unpaired) electrons. The van der Waals surface area contributed by atoms with Crippen LogP contribution in [0, 0.1) is 5.92 Å². The van der Waals surface area contributed by atoms with Crippen LogP contribution in [0.5, 0.6) is 11.5 Å². The number of amides is 2. The predicted molar refractivity (Wildman–Crippen MR) is 134 cm³/mol. The number of anilines is 1. The minimum Gasteiger partial charge on any atom is -0.497 e. The van der Waals surface area contributed by atoms with Crippen molar-refractivity contribution in [1.82, 2.24) is 10.2 Å². The summed E-state index contributed by atoms with van der Waals surface area (Å²) in [4.78, 5) is 28.1. The summed E-state index contributed by atoms with van der Waals surface area (Å²) in [6.45, 7) is 0.421. The molecule has 0 spiro atoms. The van der Waals surface area contributed by atoms with E-state index in [2.05, 4.69) is 22.8 Å². The number of nitrogens with one attached hydrogen (secondary N) is 2. The van der Waals surface area contributed by atoms with Crippen molar-refractivity contribution in [2.45, 2.75) is 18.5 Å². The molecular weight excluding hydrogens is 466 g/mol. The molecular formula is C27H26ClN3O4. The van der Waals surface area contributed by atoms with Crippen LogP contribution < -0.4 is 20.1 Å². The fourth-order valence-corrected chi connectivity index (χ4v) is 5.18. The van der Waals surface area contributed by atoms with Gasteiger partial charge in [-0.2, -0.15) is 0 Å². The van der Waals surface area contributed by atoms with Crippen molar-refractivity contribution < 1.29 is 19.1 Å². The van der Waals surface area contributed by atoms with Crippen molar-refractivity contribution in [3.63, 3.8) is 0 Å². The Morgan fingerprint density at radius 3 is 2.34 bits per heavy atom. The lowest BCUT2D eigenvalue weighted by atomic mass is 9.85. The molecule has 0 fully saturated rings. The zero-order chi connectivity index (χ0) is 24.5. The van der Waals surface area contributed by atoms with Gasteiger partial charge in [-0.15, -0.1) is 0 Å². The number of rotatable bonds is 4. The first-order chi connectivity index (χ1) is 17.0. The van der Waals surface area contributed by atoms with Gasteiger partial charge >= 0.3 is 11.8 Å². The summed E-state index contributed by atoms with van der Waals surface area (Å²) in [5.41, 5.74) is 3.60. The van der Waals surface area contributed by atoms with E-state index in [-0.39, 0.29) is 12.0 Å². The fourth-order valence-electron chi connectivity index (χ4n) is 4.98. The summed E-state index contributed by atoms with van der Waals surface area (Å²) < 4.78 is 10.5. The Labute approximate surface area is 209 Å². The normalized spacial score (nSPS) is 22.5. The van der Waals surface area contributed by atoms with Crippen molar-refractivity contribution in [3.8, 4) is 11.5 Å². The number of carbonyl (C=O) groups is 2. The maximum absolute atomic E-state index is 13.5. The second-order valence-corrected chi connectivity index (χ2v) is 9.09. The van der Waals surface area contributed by atoms with E-state index < -0.39 is 17.9 Å². The number of halogens is 1. The van der Waals surface area contributed by atoms with Gasteiger partial charge in [-0.05, 0) is 60.0 Å². The molecule has 0 saturated carbocycles. The van der Waals surface area contributed by atoms with Crippen molar-refractivity contribution >= 4 is 29.1 Å². The van der Waals surface area contributed by atoms with Crippen LogP contribution in [0.15, 0.2) is 83.1 Å². The Kier molecular flexibility index (Phi) is 6.26. The van der Waals surface area contributed by atoms with E-state index in [9.17, 15) is 9.59 Å². The van der Waals surface area contributed by atoms with Crippen molar-refractivity contribution in [3.05, 3.63) is 88.6 Å². The molecule has 0 aromatic heterocycles. The Morgan fingerprint density at radius 1 is 1.03 bits per heavy atom. The lowest BCUT2D eigenvalue weighted by Gasteiger charge is -2.37. The van der Waals surface area contributed by atoms with Gasteiger partial charge in [0.25, 0.3) is 0 Å². The molecule has 0 saturated heterocycles. The third-order valence-electron chi connectivity index (χ3n) is 6.70. The molecule has 8 heteroatoms. The molecule has 35 heavy (non-hydrogen) atoms. The molecule has 2 N–H and O–H groups in total. The smallest absolute Gasteiger partial charge is 0.313 e. The molecule has 7 nitrogen and oxygen atoms in total. The van der Waals surface area contributed by atoms with Gasteiger partial charge in [0.2, 0.25) is 0 Å². The van der Waals surface area contributed by atoms with Crippen LogP contribution in [0.4, 0.5) is 5.69 Å². The molecule has 2 aliphatic heterocycles. The average molecular weight is 492 g/mol. The first-order valence-corrected chi connectivity index (χ1v) is 11.8. The molecule has 2 heterocycles. The lowest BCUT2D eigenvalue weighted by Crippen LogP contribution is -2.46. The van der Waals surface area contributed by atoms with Gasteiger partial charge in [-0.25, -0.2) is 0 Å². The number of fused-ring (bicyclic) bond motifs is 2. The van der Waals surface area contributed by atoms with Crippen LogP contribution in [0.1, 0.15) is 18.0 Å². The molecule has 3 atom stereocenters. The van der Waals surface area contributed by atoms with Crippen LogP contribution in [0.25, 0.3) is 0 Å². The van der Waals surface area contributed by atoms with Gasteiger partial charge in [0.15, 0.2) is 0 Å². The summed E-state index contributed by atoms with van der Waals surface area (Å²) in [5.74, 6) is 0.250. The molecule has 1 aliphatic carbocycles. The van der Waals surface area contributed by atoms with Gasteiger partial charge in [-0.1, -0.05) is 35.9 Å². The molecule has 3 unspecified atom stereocenters. The standard InChI is InChI=1S/C27H26ClN3O4/c1-34-19-8-3-16(4-9-19)25-24-21(22-15-17(28)5-12-23(22)30-24)13-14-31(25)27(33)26(32)29-18-6-10-20(35-2)11-7-18/h3-12,15,22-23,25,30H,13-14H2,1-2H3,(H,29,32). The lowest BCUT2D eigenvalue weighted by molar-refractivity contribution is -0.144. The molecule has 2 aromatic carbocycles. The summed E-state index contributed by atoms with van der Waals surface area (Å²) in [5, 5.41) is 7.02. The topological polar surface area (TPSA) is 79.9 Å². The number of ether oxygens (including phenoxy) is 2. The van der Waals surface area contributed by atoms with Gasteiger partial charge in [0, 0.05) is 28.9 Å². The third-order valence-corrected chi connectivity index (χ3v) is 6.95. The van der Waals surface area contributed by atoms with Crippen LogP contribution in [-0.4, -0.2) is 43.5 Å². The monoisotopic (exact) mass is 491 g/mol. The van der Waals surface area contributed by atoms with Crippen LogP contribution in [-0.2, 0) is 9.59 Å². The molecule has 2 amide bonds. The zero-order valence-electron chi connectivity index (χ0n) is 19.5. The van der Waals surface area contributed by atoms with Gasteiger partial charge < -0.3 is 25.0 Å². The molecule has 180 valence electrons. The SMILES string of the molecule is COc1ccc(NC(=O)C(=O)N2CCC3=C(NC4C=CC(Cl)=CC34)C2c2ccc(OC)cc2)cc1. The van der Waals surface area contributed by atoms with E-state index >= 15 is 0 Å². The number of methoxy groups -OCH3 is 2. The van der Waals surface area contributed by atoms with Crippen LogP contribution in [0.2, 0.25) is 0 Å². The van der Waals surface area contributed by atoms with E-state index in [0.717, 1.165) is 17.0 Å². The van der Waals surface area contributed by atoms with Crippen molar-refractivity contribution in [2.75, 3.05) is 26.1 Å². The van der Waals surface area contributed by atoms with E-state index in [1.807, 2.05) is 30.3 Å². The van der Waals surface area contributed by atoms with Crippen LogP contribution >= 0.6 is 11.6 Å². The van der Waals surface area contributed by atoms with Crippen molar-refractivity contribution in [2.24, 2.45) is 5.92 Å². The summed E-state index contributed by atoms with van der Waals surface area (Å²) in [7, 11) is 3.18.